The van der Waals surface area contributed by atoms with Crippen LogP contribution < -0.4 is 16.0 Å². The Morgan fingerprint density at radius 3 is 2.72 bits per heavy atom. The molecule has 2 rings (SSSR count). The Kier molecular flexibility index (Phi) is 3.68. The fourth-order valence-electron chi connectivity index (χ4n) is 2.19. The summed E-state index contributed by atoms with van der Waals surface area (Å²) in [5, 5.41) is 13.0. The summed E-state index contributed by atoms with van der Waals surface area (Å²) in [6.07, 6.45) is -0.381. The minimum Gasteiger partial charge on any atom is -0.390 e. The van der Waals surface area contributed by atoms with E-state index in [2.05, 4.69) is 29.1 Å². The van der Waals surface area contributed by atoms with Crippen molar-refractivity contribution in [3.63, 3.8) is 0 Å². The third-order valence-corrected chi connectivity index (χ3v) is 3.33. The van der Waals surface area contributed by atoms with Gasteiger partial charge in [0.25, 0.3) is 0 Å². The second-order valence-electron chi connectivity index (χ2n) is 5.03. The molecule has 0 unspecified atom stereocenters. The second-order valence-corrected chi connectivity index (χ2v) is 5.03. The SMILES string of the molecule is CN[C@@H]1CN(c2cc(C(C)C)nc(N)n2)C[C@H]1O. The van der Waals surface area contributed by atoms with E-state index >= 15 is 0 Å². The van der Waals surface area contributed by atoms with Crippen molar-refractivity contribution in [1.82, 2.24) is 15.3 Å². The summed E-state index contributed by atoms with van der Waals surface area (Å²) in [6, 6.07) is 2.02. The predicted octanol–water partition coefficient (Wildman–Crippen LogP) is -0.0489. The van der Waals surface area contributed by atoms with Crippen LogP contribution in [0.3, 0.4) is 0 Å². The molecule has 0 spiro atoms. The van der Waals surface area contributed by atoms with Gasteiger partial charge in [-0.2, -0.15) is 4.98 Å². The van der Waals surface area contributed by atoms with Crippen LogP contribution in [0.5, 0.6) is 0 Å². The van der Waals surface area contributed by atoms with Gasteiger partial charge in [0.2, 0.25) is 5.95 Å². The van der Waals surface area contributed by atoms with Crippen molar-refractivity contribution in [2.45, 2.75) is 31.9 Å². The molecule has 1 aromatic heterocycles. The van der Waals surface area contributed by atoms with Gasteiger partial charge in [-0.15, -0.1) is 0 Å². The number of aliphatic hydroxyl groups excluding tert-OH is 1. The number of nitrogens with one attached hydrogen (secondary N) is 1. The predicted molar refractivity (Wildman–Crippen MR) is 71.6 cm³/mol. The van der Waals surface area contributed by atoms with Gasteiger partial charge in [0, 0.05) is 19.2 Å². The zero-order valence-corrected chi connectivity index (χ0v) is 11.1. The van der Waals surface area contributed by atoms with Crippen molar-refractivity contribution in [1.29, 1.82) is 0 Å². The lowest BCUT2D eigenvalue weighted by atomic mass is 10.1. The molecule has 4 N–H and O–H groups in total. The number of nitrogens with two attached hydrogens (primary N) is 1. The number of aliphatic hydroxyl groups is 1. The number of nitrogens with zero attached hydrogens (tertiary/aromatic N) is 3. The highest BCUT2D eigenvalue weighted by Crippen LogP contribution is 2.23. The summed E-state index contributed by atoms with van der Waals surface area (Å²) in [5.41, 5.74) is 6.67. The van der Waals surface area contributed by atoms with Crippen molar-refractivity contribution < 1.29 is 5.11 Å². The van der Waals surface area contributed by atoms with Crippen LogP contribution in [0.2, 0.25) is 0 Å². The Morgan fingerprint density at radius 1 is 1.44 bits per heavy atom. The van der Waals surface area contributed by atoms with Crippen molar-refractivity contribution in [2.24, 2.45) is 0 Å². The normalized spacial score (nSPS) is 23.9. The van der Waals surface area contributed by atoms with Gasteiger partial charge in [0.05, 0.1) is 17.8 Å². The maximum absolute atomic E-state index is 9.89. The largest absolute Gasteiger partial charge is 0.390 e. The lowest BCUT2D eigenvalue weighted by Crippen LogP contribution is -2.36. The fraction of sp³-hybridized carbons (Fsp3) is 0.667. The van der Waals surface area contributed by atoms with Crippen LogP contribution in [0.25, 0.3) is 0 Å². The number of anilines is 2. The van der Waals surface area contributed by atoms with E-state index in [1.165, 1.54) is 0 Å². The highest BCUT2D eigenvalue weighted by Gasteiger charge is 2.31. The molecule has 1 aliphatic rings. The van der Waals surface area contributed by atoms with E-state index in [1.54, 1.807) is 0 Å². The summed E-state index contributed by atoms with van der Waals surface area (Å²) in [5.74, 6) is 1.39. The summed E-state index contributed by atoms with van der Waals surface area (Å²) >= 11 is 0. The molecule has 2 heterocycles. The number of β-amino-alcohol motifs (C(OH)–C–C–N with tert-alkyl or cyclic N) is 1. The molecule has 6 nitrogen and oxygen atoms in total. The van der Waals surface area contributed by atoms with Crippen LogP contribution >= 0.6 is 0 Å². The molecule has 1 aromatic rings. The van der Waals surface area contributed by atoms with Gasteiger partial charge in [-0.05, 0) is 13.0 Å². The van der Waals surface area contributed by atoms with Crippen LogP contribution in [0, 0.1) is 0 Å². The second kappa shape index (κ2) is 5.07. The number of hydrogen-bond acceptors (Lipinski definition) is 6. The van der Waals surface area contributed by atoms with Gasteiger partial charge < -0.3 is 21.1 Å². The van der Waals surface area contributed by atoms with Gasteiger partial charge in [0.1, 0.15) is 5.82 Å². The van der Waals surface area contributed by atoms with Gasteiger partial charge >= 0.3 is 0 Å². The molecular weight excluding hydrogens is 230 g/mol. The van der Waals surface area contributed by atoms with Gasteiger partial charge in [-0.3, -0.25) is 0 Å². The molecule has 0 aromatic carbocycles. The van der Waals surface area contributed by atoms with E-state index < -0.39 is 0 Å². The topological polar surface area (TPSA) is 87.3 Å². The van der Waals surface area contributed by atoms with Crippen molar-refractivity contribution in [2.75, 3.05) is 30.8 Å². The van der Waals surface area contributed by atoms with E-state index in [0.717, 1.165) is 18.1 Å². The molecule has 1 saturated heterocycles. The molecule has 0 bridgehead atoms. The molecular formula is C12H21N5O. The summed E-state index contributed by atoms with van der Waals surface area (Å²) in [7, 11) is 1.85. The van der Waals surface area contributed by atoms with Crippen molar-refractivity contribution in [3.05, 3.63) is 11.8 Å². The van der Waals surface area contributed by atoms with Crippen LogP contribution in [0.4, 0.5) is 11.8 Å². The number of rotatable bonds is 3. The Hall–Kier alpha value is -1.40. The zero-order chi connectivity index (χ0) is 13.3. The van der Waals surface area contributed by atoms with Crippen LogP contribution in [0.15, 0.2) is 6.07 Å². The minimum atomic E-state index is -0.381. The lowest BCUT2D eigenvalue weighted by molar-refractivity contribution is 0.168. The number of likely N-dealkylation sites (N-methyl/N-ethyl adjacent to an activating group) is 1. The maximum atomic E-state index is 9.89. The minimum absolute atomic E-state index is 0.0729. The van der Waals surface area contributed by atoms with Gasteiger partial charge in [-0.1, -0.05) is 13.8 Å². The summed E-state index contributed by atoms with van der Waals surface area (Å²) < 4.78 is 0. The van der Waals surface area contributed by atoms with Crippen LogP contribution in [-0.2, 0) is 0 Å². The first-order valence-corrected chi connectivity index (χ1v) is 6.26. The first kappa shape index (κ1) is 13.0. The third-order valence-electron chi connectivity index (χ3n) is 3.33. The Morgan fingerprint density at radius 2 is 2.17 bits per heavy atom. The molecule has 18 heavy (non-hydrogen) atoms. The molecule has 2 atom stereocenters. The first-order valence-electron chi connectivity index (χ1n) is 6.26. The Bertz CT molecular complexity index is 423. The summed E-state index contributed by atoms with van der Waals surface area (Å²) in [6.45, 7) is 5.44. The van der Waals surface area contributed by atoms with E-state index in [1.807, 2.05) is 18.0 Å². The molecule has 1 fully saturated rings. The maximum Gasteiger partial charge on any atom is 0.222 e. The summed E-state index contributed by atoms with van der Waals surface area (Å²) in [4.78, 5) is 10.5. The average molecular weight is 251 g/mol. The molecule has 0 saturated carbocycles. The average Bonchev–Trinajstić information content (AvgIpc) is 2.69. The van der Waals surface area contributed by atoms with Gasteiger partial charge in [0.15, 0.2) is 0 Å². The quantitative estimate of drug-likeness (QED) is 0.698. The first-order chi connectivity index (χ1) is 8.51. The lowest BCUT2D eigenvalue weighted by Gasteiger charge is -2.18. The standard InChI is InChI=1S/C12H21N5O/c1-7(2)8-4-11(16-12(13)15-8)17-5-9(14-3)10(18)6-17/h4,7,9-10,14,18H,5-6H2,1-3H3,(H2,13,15,16)/t9-,10-/m1/s1. The molecule has 6 heteroatoms. The number of nitrogen functional groups attached to an aromatic ring is 1. The zero-order valence-electron chi connectivity index (χ0n) is 11.1. The Labute approximate surface area is 107 Å². The highest BCUT2D eigenvalue weighted by atomic mass is 16.3. The van der Waals surface area contributed by atoms with Crippen LogP contribution in [0.1, 0.15) is 25.5 Å². The smallest absolute Gasteiger partial charge is 0.222 e. The molecule has 1 aliphatic heterocycles. The molecule has 0 radical (unpaired) electrons. The Balaban J connectivity index is 2.24. The van der Waals surface area contributed by atoms with E-state index in [-0.39, 0.29) is 12.1 Å². The number of aromatic nitrogens is 2. The third kappa shape index (κ3) is 2.54. The monoisotopic (exact) mass is 251 g/mol. The highest BCUT2D eigenvalue weighted by molar-refractivity contribution is 5.46. The molecule has 100 valence electrons. The van der Waals surface area contributed by atoms with E-state index in [9.17, 15) is 5.11 Å². The van der Waals surface area contributed by atoms with Crippen molar-refractivity contribution in [3.8, 4) is 0 Å². The van der Waals surface area contributed by atoms with E-state index in [0.29, 0.717) is 18.4 Å². The molecule has 0 aliphatic carbocycles. The van der Waals surface area contributed by atoms with Crippen molar-refractivity contribution >= 4 is 11.8 Å². The molecule has 0 amide bonds. The van der Waals surface area contributed by atoms with E-state index in [4.69, 9.17) is 5.73 Å². The number of hydrogen-bond donors (Lipinski definition) is 3. The van der Waals surface area contributed by atoms with Crippen LogP contribution in [-0.4, -0.2) is 47.4 Å². The van der Waals surface area contributed by atoms with Gasteiger partial charge in [-0.25, -0.2) is 4.98 Å². The fourth-order valence-corrected chi connectivity index (χ4v) is 2.19.